The quantitative estimate of drug-likeness (QED) is 0.405. The van der Waals surface area contributed by atoms with E-state index in [1.165, 1.54) is 4.88 Å². The zero-order valence-electron chi connectivity index (χ0n) is 14.8. The van der Waals surface area contributed by atoms with Crippen molar-refractivity contribution in [2.45, 2.75) is 6.92 Å². The van der Waals surface area contributed by atoms with E-state index in [0.29, 0.717) is 0 Å². The summed E-state index contributed by atoms with van der Waals surface area (Å²) < 4.78 is 0. The summed E-state index contributed by atoms with van der Waals surface area (Å²) in [5.41, 5.74) is 6.48. The molecule has 2 heterocycles. The molecule has 0 aliphatic heterocycles. The van der Waals surface area contributed by atoms with E-state index >= 15 is 0 Å². The zero-order valence-corrected chi connectivity index (χ0v) is 15.6. The van der Waals surface area contributed by atoms with Crippen molar-refractivity contribution in [2.24, 2.45) is 0 Å². The van der Waals surface area contributed by atoms with Crippen LogP contribution in [0.5, 0.6) is 0 Å². The maximum atomic E-state index is 4.88. The molecule has 0 saturated carbocycles. The van der Waals surface area contributed by atoms with Crippen molar-refractivity contribution >= 4 is 22.4 Å². The van der Waals surface area contributed by atoms with E-state index in [-0.39, 0.29) is 0 Å². The number of rotatable bonds is 3. The molecular weight excluding hydrogens is 350 g/mol. The molecule has 3 nitrogen and oxygen atoms in total. The van der Waals surface area contributed by atoms with E-state index < -0.39 is 0 Å². The minimum Gasteiger partial charge on any atom is -0.338 e. The Bertz CT molecular complexity index is 1180. The lowest BCUT2D eigenvalue weighted by Crippen LogP contribution is -1.83. The van der Waals surface area contributed by atoms with E-state index in [1.807, 2.05) is 30.3 Å². The third kappa shape index (κ3) is 2.94. The molecule has 0 aliphatic rings. The summed E-state index contributed by atoms with van der Waals surface area (Å²) in [6.07, 6.45) is 0. The first-order chi connectivity index (χ1) is 13.3. The molecule has 3 aromatic carbocycles. The lowest BCUT2D eigenvalue weighted by atomic mass is 10.1. The highest BCUT2D eigenvalue weighted by molar-refractivity contribution is 7.15. The van der Waals surface area contributed by atoms with Crippen molar-refractivity contribution in [3.63, 3.8) is 0 Å². The first kappa shape index (κ1) is 16.0. The summed E-state index contributed by atoms with van der Waals surface area (Å²) >= 11 is 1.73. The van der Waals surface area contributed by atoms with Crippen LogP contribution in [-0.4, -0.2) is 15.0 Å². The number of hydrogen-bond acceptors (Lipinski definition) is 3. The van der Waals surface area contributed by atoms with Crippen LogP contribution in [0.15, 0.2) is 78.9 Å². The molecular formula is C23H17N3S. The number of imidazole rings is 1. The maximum Gasteiger partial charge on any atom is 0.138 e. The van der Waals surface area contributed by atoms with Gasteiger partial charge in [-0.3, -0.25) is 0 Å². The fourth-order valence-corrected chi connectivity index (χ4v) is 4.18. The highest BCUT2D eigenvalue weighted by Gasteiger charge is 2.12. The Hall–Kier alpha value is -3.24. The van der Waals surface area contributed by atoms with Crippen LogP contribution in [-0.2, 0) is 0 Å². The third-order valence-electron chi connectivity index (χ3n) is 4.64. The number of hydrogen-bond donors (Lipinski definition) is 1. The highest BCUT2D eigenvalue weighted by atomic mass is 32.1. The molecule has 0 unspecified atom stereocenters. The number of thiazole rings is 1. The molecule has 0 spiro atoms. The first-order valence-corrected chi connectivity index (χ1v) is 9.68. The fourth-order valence-electron chi connectivity index (χ4n) is 3.24. The van der Waals surface area contributed by atoms with E-state index in [2.05, 4.69) is 65.4 Å². The van der Waals surface area contributed by atoms with Gasteiger partial charge < -0.3 is 4.98 Å². The summed E-state index contributed by atoms with van der Waals surface area (Å²) in [7, 11) is 0. The number of aromatic amines is 1. The number of H-pyrrole nitrogens is 1. The van der Waals surface area contributed by atoms with Crippen LogP contribution in [0.4, 0.5) is 0 Å². The van der Waals surface area contributed by atoms with Gasteiger partial charge in [-0.1, -0.05) is 66.7 Å². The van der Waals surface area contributed by atoms with Crippen LogP contribution in [0.3, 0.4) is 0 Å². The van der Waals surface area contributed by atoms with Gasteiger partial charge in [0.15, 0.2) is 0 Å². The summed E-state index contributed by atoms with van der Waals surface area (Å²) in [6.45, 7) is 2.13. The highest BCUT2D eigenvalue weighted by Crippen LogP contribution is 2.34. The van der Waals surface area contributed by atoms with Crippen LogP contribution in [0.1, 0.15) is 4.88 Å². The fraction of sp³-hybridized carbons (Fsp3) is 0.0435. The van der Waals surface area contributed by atoms with Gasteiger partial charge in [-0.25, -0.2) is 9.97 Å². The molecule has 5 rings (SSSR count). The van der Waals surface area contributed by atoms with Gasteiger partial charge in [-0.15, -0.1) is 11.3 Å². The van der Waals surface area contributed by atoms with Gasteiger partial charge in [0, 0.05) is 21.6 Å². The summed E-state index contributed by atoms with van der Waals surface area (Å²) in [6, 6.07) is 26.9. The van der Waals surface area contributed by atoms with Gasteiger partial charge >= 0.3 is 0 Å². The second-order valence-corrected chi connectivity index (χ2v) is 7.67. The summed E-state index contributed by atoms with van der Waals surface area (Å²) in [5, 5.41) is 1.04. The van der Waals surface area contributed by atoms with Crippen molar-refractivity contribution in [3.05, 3.63) is 83.7 Å². The maximum absolute atomic E-state index is 4.88. The van der Waals surface area contributed by atoms with Crippen LogP contribution < -0.4 is 0 Å². The topological polar surface area (TPSA) is 41.6 Å². The first-order valence-electron chi connectivity index (χ1n) is 8.86. The largest absolute Gasteiger partial charge is 0.338 e. The Kier molecular flexibility index (Phi) is 3.84. The lowest BCUT2D eigenvalue weighted by molar-refractivity contribution is 1.33. The molecule has 130 valence electrons. The summed E-state index contributed by atoms with van der Waals surface area (Å²) in [5.74, 6) is 0.892. The van der Waals surface area contributed by atoms with Crippen molar-refractivity contribution in [1.29, 1.82) is 0 Å². The summed E-state index contributed by atoms with van der Waals surface area (Å²) in [4.78, 5) is 14.2. The Morgan fingerprint density at radius 3 is 2.19 bits per heavy atom. The Balaban J connectivity index is 1.49. The van der Waals surface area contributed by atoms with E-state index in [0.717, 1.165) is 44.2 Å². The average molecular weight is 367 g/mol. The van der Waals surface area contributed by atoms with Crippen LogP contribution in [0.25, 0.3) is 44.2 Å². The standard InChI is InChI=1S/C23H17N3S/c1-15-21(16-7-3-2-4-8-16)26-23(27-15)18-13-11-17(12-14-18)22-24-19-9-5-6-10-20(19)25-22/h2-14H,1H3,(H,24,25). The number of benzene rings is 3. The third-order valence-corrected chi connectivity index (χ3v) is 5.66. The number of nitrogens with zero attached hydrogens (tertiary/aromatic N) is 2. The van der Waals surface area contributed by atoms with Gasteiger partial charge in [-0.05, 0) is 19.1 Å². The molecule has 0 bridgehead atoms. The molecule has 0 saturated heterocycles. The van der Waals surface area contributed by atoms with Crippen molar-refractivity contribution in [1.82, 2.24) is 15.0 Å². The monoisotopic (exact) mass is 367 g/mol. The predicted octanol–water partition coefficient (Wildman–Crippen LogP) is 6.33. The number of para-hydroxylation sites is 2. The van der Waals surface area contributed by atoms with Gasteiger partial charge in [0.05, 0.1) is 16.7 Å². The molecule has 0 fully saturated rings. The minimum atomic E-state index is 0.892. The lowest BCUT2D eigenvalue weighted by Gasteiger charge is -2.00. The predicted molar refractivity (Wildman–Crippen MR) is 113 cm³/mol. The molecule has 5 aromatic rings. The van der Waals surface area contributed by atoms with Crippen LogP contribution in [0.2, 0.25) is 0 Å². The smallest absolute Gasteiger partial charge is 0.138 e. The SMILES string of the molecule is Cc1sc(-c2ccc(-c3nc4ccccc4[nH]3)cc2)nc1-c1ccccc1. The van der Waals surface area contributed by atoms with Gasteiger partial charge in [0.2, 0.25) is 0 Å². The second kappa shape index (κ2) is 6.49. The molecule has 2 aromatic heterocycles. The van der Waals surface area contributed by atoms with Crippen LogP contribution in [0, 0.1) is 6.92 Å². The van der Waals surface area contributed by atoms with E-state index in [4.69, 9.17) is 4.98 Å². The Labute approximate surface area is 161 Å². The van der Waals surface area contributed by atoms with Gasteiger partial charge in [-0.2, -0.15) is 0 Å². The number of aromatic nitrogens is 3. The number of aryl methyl sites for hydroxylation is 1. The molecule has 0 amide bonds. The van der Waals surface area contributed by atoms with E-state index in [1.54, 1.807) is 11.3 Å². The molecule has 4 heteroatoms. The van der Waals surface area contributed by atoms with Crippen molar-refractivity contribution in [3.8, 4) is 33.2 Å². The van der Waals surface area contributed by atoms with Crippen molar-refractivity contribution in [2.75, 3.05) is 0 Å². The normalized spacial score (nSPS) is 11.1. The van der Waals surface area contributed by atoms with E-state index in [9.17, 15) is 0 Å². The van der Waals surface area contributed by atoms with Crippen LogP contribution >= 0.6 is 11.3 Å². The average Bonchev–Trinajstić information content (AvgIpc) is 3.32. The molecule has 0 aliphatic carbocycles. The zero-order chi connectivity index (χ0) is 18.2. The Morgan fingerprint density at radius 2 is 1.41 bits per heavy atom. The molecule has 1 N–H and O–H groups in total. The minimum absolute atomic E-state index is 0.892. The molecule has 0 radical (unpaired) electrons. The molecule has 27 heavy (non-hydrogen) atoms. The van der Waals surface area contributed by atoms with Gasteiger partial charge in [0.25, 0.3) is 0 Å². The number of fused-ring (bicyclic) bond motifs is 1. The number of nitrogens with one attached hydrogen (secondary N) is 1. The Morgan fingerprint density at radius 1 is 0.704 bits per heavy atom. The van der Waals surface area contributed by atoms with Crippen molar-refractivity contribution < 1.29 is 0 Å². The second-order valence-electron chi connectivity index (χ2n) is 6.47. The van der Waals surface area contributed by atoms with Gasteiger partial charge in [0.1, 0.15) is 10.8 Å². The molecule has 0 atom stereocenters.